The highest BCUT2D eigenvalue weighted by Gasteiger charge is 2.27. The van der Waals surface area contributed by atoms with E-state index >= 15 is 0 Å². The van der Waals surface area contributed by atoms with Crippen LogP contribution in [0.5, 0.6) is 0 Å². The predicted molar refractivity (Wildman–Crippen MR) is 76.8 cm³/mol. The minimum Gasteiger partial charge on any atom is -0.384 e. The van der Waals surface area contributed by atoms with E-state index in [1.807, 2.05) is 0 Å². The van der Waals surface area contributed by atoms with Crippen molar-refractivity contribution in [2.75, 3.05) is 25.0 Å². The summed E-state index contributed by atoms with van der Waals surface area (Å²) in [5.41, 5.74) is 0.934. The van der Waals surface area contributed by atoms with Gasteiger partial charge >= 0.3 is 0 Å². The van der Waals surface area contributed by atoms with Gasteiger partial charge in [0.2, 0.25) is 10.0 Å². The van der Waals surface area contributed by atoms with Crippen LogP contribution in [0.15, 0.2) is 29.2 Å². The van der Waals surface area contributed by atoms with E-state index in [-0.39, 0.29) is 6.04 Å². The van der Waals surface area contributed by atoms with E-state index in [9.17, 15) is 8.42 Å². The second-order valence-corrected chi connectivity index (χ2v) is 6.41. The van der Waals surface area contributed by atoms with E-state index in [2.05, 4.69) is 22.3 Å². The average molecular weight is 283 g/mol. The number of nitrogens with one attached hydrogen (secondary N) is 3. The van der Waals surface area contributed by atoms with Gasteiger partial charge in [0, 0.05) is 24.8 Å². The van der Waals surface area contributed by atoms with Crippen LogP contribution < -0.4 is 15.4 Å². The Labute approximate surface area is 114 Å². The third kappa shape index (κ3) is 4.49. The molecule has 0 aliphatic heterocycles. The molecule has 106 valence electrons. The van der Waals surface area contributed by atoms with Crippen molar-refractivity contribution in [2.24, 2.45) is 0 Å². The number of benzene rings is 1. The fourth-order valence-corrected chi connectivity index (χ4v) is 3.02. The number of hydrogen-bond donors (Lipinski definition) is 3. The van der Waals surface area contributed by atoms with Crippen LogP contribution >= 0.6 is 0 Å². The Balaban J connectivity index is 1.90. The number of rotatable bonds is 8. The van der Waals surface area contributed by atoms with Crippen molar-refractivity contribution < 1.29 is 8.42 Å². The molecule has 1 aliphatic rings. The third-order valence-corrected chi connectivity index (χ3v) is 4.48. The first-order valence-electron chi connectivity index (χ1n) is 6.69. The van der Waals surface area contributed by atoms with Crippen LogP contribution in [0.2, 0.25) is 0 Å². The fraction of sp³-hybridized carbons (Fsp3) is 0.538. The Morgan fingerprint density at radius 3 is 2.42 bits per heavy atom. The molecule has 0 atom stereocenters. The zero-order chi connectivity index (χ0) is 13.7. The van der Waals surface area contributed by atoms with Crippen LogP contribution in [0.3, 0.4) is 0 Å². The van der Waals surface area contributed by atoms with E-state index in [1.54, 1.807) is 24.3 Å². The second kappa shape index (κ2) is 6.36. The Morgan fingerprint density at radius 1 is 1.16 bits per heavy atom. The van der Waals surface area contributed by atoms with Gasteiger partial charge in [0.25, 0.3) is 0 Å². The average Bonchev–Trinajstić information content (AvgIpc) is 3.18. The van der Waals surface area contributed by atoms with E-state index in [0.29, 0.717) is 4.90 Å². The summed E-state index contributed by atoms with van der Waals surface area (Å²) in [5, 5.41) is 6.45. The predicted octanol–water partition coefficient (Wildman–Crippen LogP) is 1.15. The van der Waals surface area contributed by atoms with Crippen molar-refractivity contribution in [3.05, 3.63) is 24.3 Å². The first-order chi connectivity index (χ1) is 9.12. The van der Waals surface area contributed by atoms with Crippen molar-refractivity contribution in [1.82, 2.24) is 10.0 Å². The lowest BCUT2D eigenvalue weighted by Crippen LogP contribution is -2.25. The lowest BCUT2D eigenvalue weighted by Gasteiger charge is -2.09. The van der Waals surface area contributed by atoms with Gasteiger partial charge in [-0.25, -0.2) is 13.1 Å². The molecular weight excluding hydrogens is 262 g/mol. The largest absolute Gasteiger partial charge is 0.384 e. The summed E-state index contributed by atoms with van der Waals surface area (Å²) in [5.74, 6) is 0. The van der Waals surface area contributed by atoms with Crippen LogP contribution in [0.25, 0.3) is 0 Å². The molecule has 0 heterocycles. The zero-order valence-electron chi connectivity index (χ0n) is 11.1. The Kier molecular flexibility index (Phi) is 4.79. The normalized spacial score (nSPS) is 15.4. The maximum atomic E-state index is 12.0. The lowest BCUT2D eigenvalue weighted by atomic mass is 10.3. The minimum atomic E-state index is -3.33. The van der Waals surface area contributed by atoms with Gasteiger partial charge in [-0.15, -0.1) is 0 Å². The maximum absolute atomic E-state index is 12.0. The van der Waals surface area contributed by atoms with Gasteiger partial charge in [-0.3, -0.25) is 0 Å². The van der Waals surface area contributed by atoms with Crippen molar-refractivity contribution in [2.45, 2.75) is 30.7 Å². The molecule has 1 aromatic carbocycles. The second-order valence-electron chi connectivity index (χ2n) is 4.70. The molecular formula is C13H21N3O2S. The highest BCUT2D eigenvalue weighted by molar-refractivity contribution is 7.89. The van der Waals surface area contributed by atoms with Crippen LogP contribution in [-0.2, 0) is 10.0 Å². The quantitative estimate of drug-likeness (QED) is 0.626. The van der Waals surface area contributed by atoms with Gasteiger partial charge in [-0.1, -0.05) is 6.92 Å². The minimum absolute atomic E-state index is 0.142. The molecule has 0 bridgehead atoms. The lowest BCUT2D eigenvalue weighted by molar-refractivity contribution is 0.581. The molecule has 0 spiro atoms. The van der Waals surface area contributed by atoms with Gasteiger partial charge in [0.05, 0.1) is 4.90 Å². The Bertz CT molecular complexity index is 495. The van der Waals surface area contributed by atoms with Gasteiger partial charge in [0.1, 0.15) is 0 Å². The molecule has 3 N–H and O–H groups in total. The molecule has 0 unspecified atom stereocenters. The summed E-state index contributed by atoms with van der Waals surface area (Å²) in [4.78, 5) is 0.330. The highest BCUT2D eigenvalue weighted by atomic mass is 32.2. The van der Waals surface area contributed by atoms with Crippen LogP contribution in [-0.4, -0.2) is 34.1 Å². The Morgan fingerprint density at radius 2 is 1.84 bits per heavy atom. The molecule has 1 aliphatic carbocycles. The van der Waals surface area contributed by atoms with E-state index in [0.717, 1.165) is 38.2 Å². The number of likely N-dealkylation sites (N-methyl/N-ethyl adjacent to an activating group) is 1. The molecule has 19 heavy (non-hydrogen) atoms. The van der Waals surface area contributed by atoms with Gasteiger partial charge in [-0.2, -0.15) is 0 Å². The first-order valence-corrected chi connectivity index (χ1v) is 8.17. The molecule has 2 rings (SSSR count). The zero-order valence-corrected chi connectivity index (χ0v) is 12.0. The molecule has 1 saturated carbocycles. The monoisotopic (exact) mass is 283 g/mol. The molecule has 1 fully saturated rings. The standard InChI is InChI=1S/C13H21N3O2S/c1-2-14-9-10-15-11-5-7-13(8-6-11)19(17,18)16-12-3-4-12/h5-8,12,14-16H,2-4,9-10H2,1H3. The summed E-state index contributed by atoms with van der Waals surface area (Å²) in [6.07, 6.45) is 1.90. The first kappa shape index (κ1) is 14.3. The van der Waals surface area contributed by atoms with Gasteiger partial charge in [0.15, 0.2) is 0 Å². The van der Waals surface area contributed by atoms with Crippen LogP contribution in [0.4, 0.5) is 5.69 Å². The molecule has 0 saturated heterocycles. The van der Waals surface area contributed by atoms with Crippen molar-refractivity contribution in [3.63, 3.8) is 0 Å². The van der Waals surface area contributed by atoms with Crippen LogP contribution in [0.1, 0.15) is 19.8 Å². The number of sulfonamides is 1. The smallest absolute Gasteiger partial charge is 0.240 e. The molecule has 0 amide bonds. The van der Waals surface area contributed by atoms with E-state index in [1.165, 1.54) is 0 Å². The van der Waals surface area contributed by atoms with E-state index in [4.69, 9.17) is 0 Å². The summed E-state index contributed by atoms with van der Waals surface area (Å²) in [7, 11) is -3.33. The molecule has 0 aromatic heterocycles. The maximum Gasteiger partial charge on any atom is 0.240 e. The molecule has 5 nitrogen and oxygen atoms in total. The summed E-state index contributed by atoms with van der Waals surface area (Å²) < 4.78 is 26.6. The summed E-state index contributed by atoms with van der Waals surface area (Å²) in [6.45, 7) is 4.72. The Hall–Kier alpha value is -1.11. The van der Waals surface area contributed by atoms with Gasteiger partial charge < -0.3 is 10.6 Å². The van der Waals surface area contributed by atoms with Crippen molar-refractivity contribution >= 4 is 15.7 Å². The van der Waals surface area contributed by atoms with E-state index < -0.39 is 10.0 Å². The molecule has 1 aromatic rings. The topological polar surface area (TPSA) is 70.2 Å². The SMILES string of the molecule is CCNCCNc1ccc(S(=O)(=O)NC2CC2)cc1. The summed E-state index contributed by atoms with van der Waals surface area (Å²) >= 11 is 0. The molecule has 0 radical (unpaired) electrons. The fourth-order valence-electron chi connectivity index (χ4n) is 1.71. The number of anilines is 1. The summed E-state index contributed by atoms with van der Waals surface area (Å²) in [6, 6.07) is 7.02. The van der Waals surface area contributed by atoms with Gasteiger partial charge in [-0.05, 0) is 43.7 Å². The molecule has 6 heteroatoms. The van der Waals surface area contributed by atoms with Crippen LogP contribution in [0, 0.1) is 0 Å². The van der Waals surface area contributed by atoms with Crippen molar-refractivity contribution in [1.29, 1.82) is 0 Å². The van der Waals surface area contributed by atoms with Crippen molar-refractivity contribution in [3.8, 4) is 0 Å². The number of hydrogen-bond acceptors (Lipinski definition) is 4. The highest BCUT2D eigenvalue weighted by Crippen LogP contribution is 2.22. The third-order valence-electron chi connectivity index (χ3n) is 2.94.